The van der Waals surface area contributed by atoms with Crippen LogP contribution in [0.1, 0.15) is 26.2 Å². The first-order chi connectivity index (χ1) is 9.68. The molecule has 0 saturated carbocycles. The lowest BCUT2D eigenvalue weighted by Crippen LogP contribution is -2.47. The molecule has 1 N–H and O–H groups in total. The van der Waals surface area contributed by atoms with Crippen LogP contribution in [-0.2, 0) is 19.7 Å². The van der Waals surface area contributed by atoms with E-state index < -0.39 is 16.2 Å². The number of nitrogens with one attached hydrogen (secondary N) is 1. The second-order valence-corrected chi connectivity index (χ2v) is 7.95. The first kappa shape index (κ1) is 18.3. The molecule has 1 rings (SSSR count). The number of rotatable bonds is 7. The van der Waals surface area contributed by atoms with E-state index in [-0.39, 0.29) is 18.4 Å². The zero-order valence-corrected chi connectivity index (χ0v) is 14.2. The Morgan fingerprint density at radius 1 is 1.38 bits per heavy atom. The summed E-state index contributed by atoms with van der Waals surface area (Å²) in [5.74, 6) is -0.417. The molecule has 7 nitrogen and oxygen atoms in total. The van der Waals surface area contributed by atoms with Crippen LogP contribution in [-0.4, -0.2) is 71.0 Å². The monoisotopic (exact) mass is 321 g/mol. The van der Waals surface area contributed by atoms with Gasteiger partial charge in [0.05, 0.1) is 13.5 Å². The van der Waals surface area contributed by atoms with Gasteiger partial charge in [0.25, 0.3) is 10.2 Å². The van der Waals surface area contributed by atoms with E-state index in [1.54, 1.807) is 0 Å². The SMILES string of the molecule is COC(=O)CCN(C)S(=O)(=O)NCC1(C)CCN(C)CC1. The molecule has 21 heavy (non-hydrogen) atoms. The lowest BCUT2D eigenvalue weighted by atomic mass is 9.81. The van der Waals surface area contributed by atoms with Gasteiger partial charge in [-0.3, -0.25) is 4.79 Å². The van der Waals surface area contributed by atoms with Crippen molar-refractivity contribution in [2.75, 3.05) is 47.4 Å². The fourth-order valence-corrected chi connectivity index (χ4v) is 3.26. The molecule has 1 heterocycles. The number of hydrogen-bond donors (Lipinski definition) is 1. The van der Waals surface area contributed by atoms with Crippen LogP contribution in [0.15, 0.2) is 0 Å². The first-order valence-electron chi connectivity index (χ1n) is 7.15. The van der Waals surface area contributed by atoms with Crippen LogP contribution in [0.4, 0.5) is 0 Å². The number of ether oxygens (including phenoxy) is 1. The predicted molar refractivity (Wildman–Crippen MR) is 81.0 cm³/mol. The molecule has 0 atom stereocenters. The molecule has 0 unspecified atom stereocenters. The third-order valence-electron chi connectivity index (χ3n) is 4.14. The predicted octanol–water partition coefficient (Wildman–Crippen LogP) is 0.0476. The van der Waals surface area contributed by atoms with Gasteiger partial charge in [-0.2, -0.15) is 12.7 Å². The summed E-state index contributed by atoms with van der Waals surface area (Å²) in [5, 5.41) is 0. The maximum absolute atomic E-state index is 12.1. The fourth-order valence-electron chi connectivity index (χ4n) is 2.18. The van der Waals surface area contributed by atoms with E-state index in [4.69, 9.17) is 0 Å². The summed E-state index contributed by atoms with van der Waals surface area (Å²) in [6.07, 6.45) is 1.99. The summed E-state index contributed by atoms with van der Waals surface area (Å²) in [4.78, 5) is 13.3. The largest absolute Gasteiger partial charge is 0.469 e. The van der Waals surface area contributed by atoms with Crippen molar-refractivity contribution in [2.45, 2.75) is 26.2 Å². The molecular formula is C13H27N3O4S. The summed E-state index contributed by atoms with van der Waals surface area (Å²) >= 11 is 0. The standard InChI is InChI=1S/C13H27N3O4S/c1-13(6-9-15(2)10-7-13)11-14-21(18,19)16(3)8-5-12(17)20-4/h14H,5-11H2,1-4H3. The molecule has 1 aliphatic heterocycles. The van der Waals surface area contributed by atoms with Crippen molar-refractivity contribution >= 4 is 16.2 Å². The normalized spacial score (nSPS) is 19.7. The van der Waals surface area contributed by atoms with Gasteiger partial charge in [-0.1, -0.05) is 6.92 Å². The highest BCUT2D eigenvalue weighted by Crippen LogP contribution is 2.29. The molecule has 1 aliphatic rings. The smallest absolute Gasteiger partial charge is 0.306 e. The highest BCUT2D eigenvalue weighted by molar-refractivity contribution is 7.87. The van der Waals surface area contributed by atoms with E-state index in [0.717, 1.165) is 30.2 Å². The van der Waals surface area contributed by atoms with Crippen LogP contribution in [0.25, 0.3) is 0 Å². The Hall–Kier alpha value is -0.700. The Morgan fingerprint density at radius 2 is 1.95 bits per heavy atom. The van der Waals surface area contributed by atoms with Crippen molar-refractivity contribution < 1.29 is 17.9 Å². The second-order valence-electron chi connectivity index (χ2n) is 6.09. The fraction of sp³-hybridized carbons (Fsp3) is 0.923. The number of methoxy groups -OCH3 is 1. The molecule has 8 heteroatoms. The zero-order chi connectivity index (χ0) is 16.1. The number of piperidine rings is 1. The van der Waals surface area contributed by atoms with Crippen molar-refractivity contribution in [2.24, 2.45) is 5.41 Å². The Kier molecular flexibility index (Phi) is 6.58. The lowest BCUT2D eigenvalue weighted by molar-refractivity contribution is -0.140. The maximum Gasteiger partial charge on any atom is 0.306 e. The van der Waals surface area contributed by atoms with E-state index in [9.17, 15) is 13.2 Å². The van der Waals surface area contributed by atoms with E-state index in [0.29, 0.717) is 6.54 Å². The highest BCUT2D eigenvalue weighted by Gasteiger charge is 2.31. The quantitative estimate of drug-likeness (QED) is 0.670. The van der Waals surface area contributed by atoms with Crippen LogP contribution >= 0.6 is 0 Å². The number of likely N-dealkylation sites (tertiary alicyclic amines) is 1. The molecule has 1 saturated heterocycles. The van der Waals surface area contributed by atoms with Crippen molar-refractivity contribution in [3.05, 3.63) is 0 Å². The van der Waals surface area contributed by atoms with Crippen molar-refractivity contribution in [3.63, 3.8) is 0 Å². The average molecular weight is 321 g/mol. The molecule has 1 fully saturated rings. The molecule has 0 aromatic rings. The molecule has 0 radical (unpaired) electrons. The Morgan fingerprint density at radius 3 is 2.48 bits per heavy atom. The van der Waals surface area contributed by atoms with Crippen LogP contribution in [0.5, 0.6) is 0 Å². The number of hydrogen-bond acceptors (Lipinski definition) is 5. The van der Waals surface area contributed by atoms with Crippen molar-refractivity contribution in [3.8, 4) is 0 Å². The van der Waals surface area contributed by atoms with Gasteiger partial charge >= 0.3 is 5.97 Å². The first-order valence-corrected chi connectivity index (χ1v) is 8.59. The summed E-state index contributed by atoms with van der Waals surface area (Å²) in [7, 11) is 1.27. The van der Waals surface area contributed by atoms with Crippen molar-refractivity contribution in [1.82, 2.24) is 13.9 Å². The van der Waals surface area contributed by atoms with E-state index in [2.05, 4.69) is 28.3 Å². The van der Waals surface area contributed by atoms with E-state index >= 15 is 0 Å². The summed E-state index contributed by atoms with van der Waals surface area (Å²) in [6.45, 7) is 4.61. The van der Waals surface area contributed by atoms with Gasteiger partial charge in [0, 0.05) is 20.1 Å². The maximum atomic E-state index is 12.1. The minimum absolute atomic E-state index is 0.0111. The topological polar surface area (TPSA) is 78.9 Å². The number of carbonyl (C=O) groups is 1. The van der Waals surface area contributed by atoms with E-state index in [1.165, 1.54) is 14.2 Å². The van der Waals surface area contributed by atoms with Crippen molar-refractivity contribution in [1.29, 1.82) is 0 Å². The Bertz CT molecular complexity index is 444. The van der Waals surface area contributed by atoms with Crippen LogP contribution < -0.4 is 4.72 Å². The van der Waals surface area contributed by atoms with E-state index in [1.807, 2.05) is 0 Å². The average Bonchev–Trinajstić information content (AvgIpc) is 2.46. The van der Waals surface area contributed by atoms with Gasteiger partial charge in [-0.15, -0.1) is 0 Å². The van der Waals surface area contributed by atoms with Gasteiger partial charge < -0.3 is 9.64 Å². The minimum Gasteiger partial charge on any atom is -0.469 e. The summed E-state index contributed by atoms with van der Waals surface area (Å²) in [5.41, 5.74) is -0.0111. The van der Waals surface area contributed by atoms with Gasteiger partial charge in [0.15, 0.2) is 0 Å². The van der Waals surface area contributed by atoms with Gasteiger partial charge in [0.2, 0.25) is 0 Å². The van der Waals surface area contributed by atoms with Crippen LogP contribution in [0.3, 0.4) is 0 Å². The molecule has 0 aromatic heterocycles. The van der Waals surface area contributed by atoms with Gasteiger partial charge in [0.1, 0.15) is 0 Å². The lowest BCUT2D eigenvalue weighted by Gasteiger charge is -2.38. The number of esters is 1. The molecule has 0 amide bonds. The molecular weight excluding hydrogens is 294 g/mol. The minimum atomic E-state index is -3.55. The van der Waals surface area contributed by atoms with Gasteiger partial charge in [-0.05, 0) is 38.4 Å². The second kappa shape index (κ2) is 7.53. The Labute approximate surface area is 127 Å². The molecule has 0 aliphatic carbocycles. The molecule has 0 spiro atoms. The molecule has 0 aromatic carbocycles. The summed E-state index contributed by atoms with van der Waals surface area (Å²) in [6, 6.07) is 0. The molecule has 0 bridgehead atoms. The van der Waals surface area contributed by atoms with Crippen LogP contribution in [0.2, 0.25) is 0 Å². The zero-order valence-electron chi connectivity index (χ0n) is 13.4. The molecule has 124 valence electrons. The Balaban J connectivity index is 2.46. The summed E-state index contributed by atoms with van der Waals surface area (Å²) < 4.78 is 32.6. The third kappa shape index (κ3) is 5.90. The van der Waals surface area contributed by atoms with Gasteiger partial charge in [-0.25, -0.2) is 4.72 Å². The van der Waals surface area contributed by atoms with Crippen LogP contribution in [0, 0.1) is 5.41 Å². The number of carbonyl (C=O) groups excluding carboxylic acids is 1. The highest BCUT2D eigenvalue weighted by atomic mass is 32.2. The number of nitrogens with zero attached hydrogens (tertiary/aromatic N) is 2. The third-order valence-corrected chi connectivity index (χ3v) is 5.66.